The Balaban J connectivity index is 0.00000144. The van der Waals surface area contributed by atoms with Gasteiger partial charge in [-0.1, -0.05) is 59.9 Å². The van der Waals surface area contributed by atoms with E-state index in [0.29, 0.717) is 42.9 Å². The predicted molar refractivity (Wildman–Crippen MR) is 200 cm³/mol. The molecule has 0 aliphatic carbocycles. The van der Waals surface area contributed by atoms with Crippen LogP contribution in [-0.4, -0.2) is 67.9 Å². The number of carbonyl (C=O) groups is 5. The van der Waals surface area contributed by atoms with Crippen LogP contribution in [0.2, 0.25) is 0 Å². The molecule has 1 fully saturated rings. The first-order valence-corrected chi connectivity index (χ1v) is 17.9. The van der Waals surface area contributed by atoms with Crippen molar-refractivity contribution in [3.63, 3.8) is 0 Å². The second kappa shape index (κ2) is 18.8. The summed E-state index contributed by atoms with van der Waals surface area (Å²) in [7, 11) is 0. The number of rotatable bonds is 11. The van der Waals surface area contributed by atoms with Crippen molar-refractivity contribution >= 4 is 41.9 Å². The van der Waals surface area contributed by atoms with E-state index in [9.17, 15) is 28.8 Å². The highest BCUT2D eigenvalue weighted by Gasteiger charge is 2.41. The number of carboxylic acids is 1. The van der Waals surface area contributed by atoms with Crippen LogP contribution in [0.1, 0.15) is 107 Å². The van der Waals surface area contributed by atoms with E-state index in [0.717, 1.165) is 16.7 Å². The van der Waals surface area contributed by atoms with Crippen molar-refractivity contribution in [1.29, 1.82) is 0 Å². The van der Waals surface area contributed by atoms with Crippen molar-refractivity contribution in [2.45, 2.75) is 105 Å². The summed E-state index contributed by atoms with van der Waals surface area (Å²) in [5.41, 5.74) is 9.18. The van der Waals surface area contributed by atoms with Crippen LogP contribution in [0.25, 0.3) is 23.5 Å². The lowest BCUT2D eigenvalue weighted by molar-refractivity contribution is -0.173. The first kappa shape index (κ1) is 41.9. The number of hydrogen-bond donors (Lipinski definition) is 3. The molecule has 3 aliphatic heterocycles. The maximum Gasteiger partial charge on any atom is 0.352 e. The molecule has 53 heavy (non-hydrogen) atoms. The number of esters is 2. The normalized spacial score (nSPS) is 17.2. The molecule has 2 amide bonds. The smallest absolute Gasteiger partial charge is 0.352 e. The number of hydrogen-bond acceptors (Lipinski definition) is 10. The van der Waals surface area contributed by atoms with Gasteiger partial charge >= 0.3 is 17.9 Å². The standard InChI is InChI=1S/C35H40N4O9.C2H5N.C2H6/c1-6-10-24-20(8-3)19(7-2)22-16-39-26(30(22)36-24)15-21-23(33(39)44)17-47-35(46)31(21)48-34(45)29(18(4)5)37-32(43)25-11-9-14-38(25)27(40)12-13-28(41)42;1-2-3;1-2/h6,8,10,15,18,25,29,31H,3,7,9,11-14,16-17H2,1-2,4-5H3,(H,37,43)(H,41,42);2H,1,3H2;1-2H3/b10-6-;;. The summed E-state index contributed by atoms with van der Waals surface area (Å²) >= 11 is 0. The number of carbonyl (C=O) groups excluding carboxylic acids is 4. The molecular formula is C39H51N5O9. The van der Waals surface area contributed by atoms with Crippen molar-refractivity contribution in [3.05, 3.63) is 75.4 Å². The van der Waals surface area contributed by atoms with Gasteiger partial charge in [-0.3, -0.25) is 19.2 Å². The molecule has 2 aromatic heterocycles. The van der Waals surface area contributed by atoms with E-state index in [2.05, 4.69) is 24.2 Å². The minimum absolute atomic E-state index is 0.186. The minimum Gasteiger partial charge on any atom is -0.481 e. The number of likely N-dealkylation sites (tertiary alicyclic amines) is 1. The molecule has 1 saturated heterocycles. The summed E-state index contributed by atoms with van der Waals surface area (Å²) in [6.07, 6.45) is 6.16. The lowest BCUT2D eigenvalue weighted by atomic mass is 9.95. The summed E-state index contributed by atoms with van der Waals surface area (Å²) in [5, 5.41) is 11.6. The van der Waals surface area contributed by atoms with Crippen LogP contribution in [-0.2, 0) is 53.0 Å². The van der Waals surface area contributed by atoms with E-state index in [-0.39, 0.29) is 42.7 Å². The van der Waals surface area contributed by atoms with Crippen LogP contribution in [0.4, 0.5) is 0 Å². The van der Waals surface area contributed by atoms with Crippen molar-refractivity contribution < 1.29 is 38.6 Å². The Kier molecular flexibility index (Phi) is 14.9. The number of fused-ring (bicyclic) bond motifs is 4. The molecule has 0 bridgehead atoms. The van der Waals surface area contributed by atoms with Crippen molar-refractivity contribution in [2.75, 3.05) is 6.54 Å². The van der Waals surface area contributed by atoms with Crippen LogP contribution >= 0.6 is 0 Å². The summed E-state index contributed by atoms with van der Waals surface area (Å²) < 4.78 is 12.6. The lowest BCUT2D eigenvalue weighted by Crippen LogP contribution is -2.53. The Labute approximate surface area is 309 Å². The molecule has 4 N–H and O–H groups in total. The number of nitrogens with zero attached hydrogens (tertiary/aromatic N) is 3. The fourth-order valence-electron chi connectivity index (χ4n) is 6.69. The SMILES string of the molecule is C=CN.C=Cc1c(/C=C\C)nc2c(c1CC)Cn1c-2cc2c(c1=O)COC(=O)C2OC(=O)C(NC(=O)C1CCCN1C(=O)CCC(=O)O)C(C)C.CC. The van der Waals surface area contributed by atoms with E-state index in [1.165, 1.54) is 11.1 Å². The lowest BCUT2D eigenvalue weighted by Gasteiger charge is -2.29. The van der Waals surface area contributed by atoms with Gasteiger partial charge < -0.3 is 35.1 Å². The number of allylic oxidation sites excluding steroid dienone is 1. The van der Waals surface area contributed by atoms with E-state index < -0.39 is 53.8 Å². The van der Waals surface area contributed by atoms with Gasteiger partial charge in [0.2, 0.25) is 17.9 Å². The second-order valence-corrected chi connectivity index (χ2v) is 12.7. The number of pyridine rings is 2. The molecule has 5 heterocycles. The molecule has 0 saturated carbocycles. The van der Waals surface area contributed by atoms with Crippen LogP contribution in [0.3, 0.4) is 0 Å². The molecule has 3 aliphatic rings. The summed E-state index contributed by atoms with van der Waals surface area (Å²) in [6.45, 7) is 18.7. The highest BCUT2D eigenvalue weighted by atomic mass is 16.6. The van der Waals surface area contributed by atoms with Crippen molar-refractivity contribution in [1.82, 2.24) is 19.8 Å². The van der Waals surface area contributed by atoms with Crippen molar-refractivity contribution in [3.8, 4) is 11.4 Å². The van der Waals surface area contributed by atoms with Gasteiger partial charge in [-0.2, -0.15) is 0 Å². The Morgan fingerprint density at radius 1 is 1.17 bits per heavy atom. The Hall–Kier alpha value is -5.53. The molecular weight excluding hydrogens is 682 g/mol. The molecule has 286 valence electrons. The summed E-state index contributed by atoms with van der Waals surface area (Å²) in [5.74, 6) is -4.39. The number of amides is 2. The maximum absolute atomic E-state index is 13.8. The third kappa shape index (κ3) is 8.93. The van der Waals surface area contributed by atoms with Gasteiger partial charge in [-0.05, 0) is 56.0 Å². The summed E-state index contributed by atoms with van der Waals surface area (Å²) in [4.78, 5) is 83.7. The molecule has 14 nitrogen and oxygen atoms in total. The zero-order chi connectivity index (χ0) is 39.6. The number of nitrogens with two attached hydrogens (primary N) is 1. The fourth-order valence-corrected chi connectivity index (χ4v) is 6.69. The van der Waals surface area contributed by atoms with Gasteiger partial charge in [-0.15, -0.1) is 0 Å². The Morgan fingerprint density at radius 3 is 2.43 bits per heavy atom. The number of aliphatic carboxylic acids is 1. The second-order valence-electron chi connectivity index (χ2n) is 12.7. The van der Waals surface area contributed by atoms with Crippen LogP contribution in [0, 0.1) is 5.92 Å². The van der Waals surface area contributed by atoms with E-state index in [1.54, 1.807) is 30.6 Å². The highest BCUT2D eigenvalue weighted by Crippen LogP contribution is 2.38. The monoisotopic (exact) mass is 733 g/mol. The molecule has 3 unspecified atom stereocenters. The topological polar surface area (TPSA) is 200 Å². The molecule has 0 aromatic carbocycles. The van der Waals surface area contributed by atoms with Gasteiger partial charge in [0.15, 0.2) is 0 Å². The predicted octanol–water partition coefficient (Wildman–Crippen LogP) is 4.26. The number of nitrogens with one attached hydrogen (secondary N) is 1. The average molecular weight is 734 g/mol. The molecule has 5 rings (SSSR count). The fraction of sp³-hybridized carbons (Fsp3) is 0.462. The summed E-state index contributed by atoms with van der Waals surface area (Å²) in [6, 6.07) is -0.418. The Bertz CT molecular complexity index is 1840. The molecule has 14 heteroatoms. The zero-order valence-corrected chi connectivity index (χ0v) is 31.4. The average Bonchev–Trinajstić information content (AvgIpc) is 3.77. The molecule has 3 atom stereocenters. The van der Waals surface area contributed by atoms with E-state index in [1.807, 2.05) is 39.8 Å². The van der Waals surface area contributed by atoms with E-state index in [4.69, 9.17) is 19.6 Å². The van der Waals surface area contributed by atoms with Crippen molar-refractivity contribution in [2.24, 2.45) is 11.7 Å². The third-order valence-corrected chi connectivity index (χ3v) is 9.10. The quantitative estimate of drug-likeness (QED) is 0.238. The molecule has 0 radical (unpaired) electrons. The van der Waals surface area contributed by atoms with Crippen LogP contribution in [0.15, 0.2) is 36.3 Å². The van der Waals surface area contributed by atoms with Gasteiger partial charge in [0.25, 0.3) is 5.56 Å². The van der Waals surface area contributed by atoms with Gasteiger partial charge in [-0.25, -0.2) is 14.6 Å². The zero-order valence-electron chi connectivity index (χ0n) is 31.4. The maximum atomic E-state index is 13.8. The van der Waals surface area contributed by atoms with Gasteiger partial charge in [0, 0.05) is 29.7 Å². The number of cyclic esters (lactones) is 1. The highest BCUT2D eigenvalue weighted by molar-refractivity contribution is 5.92. The number of ether oxygens (including phenoxy) is 2. The van der Waals surface area contributed by atoms with E-state index >= 15 is 0 Å². The number of aromatic nitrogens is 2. The number of carboxylic acid groups (broad SMARTS) is 1. The van der Waals surface area contributed by atoms with Gasteiger partial charge in [0.1, 0.15) is 18.7 Å². The van der Waals surface area contributed by atoms with Crippen LogP contribution < -0.4 is 16.6 Å². The first-order chi connectivity index (χ1) is 25.3. The minimum atomic E-state index is -1.56. The largest absolute Gasteiger partial charge is 0.481 e. The third-order valence-electron chi connectivity index (χ3n) is 9.10. The van der Waals surface area contributed by atoms with Gasteiger partial charge in [0.05, 0.1) is 35.6 Å². The van der Waals surface area contributed by atoms with Crippen LogP contribution in [0.5, 0.6) is 0 Å². The molecule has 2 aromatic rings. The molecule has 0 spiro atoms. The first-order valence-electron chi connectivity index (χ1n) is 17.9. The Morgan fingerprint density at radius 2 is 1.85 bits per heavy atom.